The predicted octanol–water partition coefficient (Wildman–Crippen LogP) is 6.19. The lowest BCUT2D eigenvalue weighted by molar-refractivity contribution is 0.481. The highest BCUT2D eigenvalue weighted by atomic mass is 35.5. The van der Waals surface area contributed by atoms with Crippen LogP contribution < -0.4 is 0 Å². The Morgan fingerprint density at radius 2 is 1.46 bits per heavy atom. The van der Waals surface area contributed by atoms with Crippen LogP contribution in [-0.2, 0) is 16.5 Å². The van der Waals surface area contributed by atoms with E-state index in [-0.39, 0.29) is 5.02 Å². The van der Waals surface area contributed by atoms with E-state index < -0.39 is 20.8 Å². The lowest BCUT2D eigenvalue weighted by Gasteiger charge is -2.08. The van der Waals surface area contributed by atoms with Crippen LogP contribution in [0.15, 0.2) is 17.0 Å². The first-order chi connectivity index (χ1) is 11.4. The van der Waals surface area contributed by atoms with E-state index in [1.54, 1.807) is 0 Å². The Labute approximate surface area is 150 Å². The molecule has 1 rings (SSSR count). The average Bonchev–Trinajstić information content (AvgIpc) is 2.50. The molecule has 0 aliphatic heterocycles. The summed E-state index contributed by atoms with van der Waals surface area (Å²) < 4.78 is 44.9. The quantitative estimate of drug-likeness (QED) is 0.348. The smallest absolute Gasteiger partial charge is 0.282 e. The molecule has 0 spiro atoms. The summed E-state index contributed by atoms with van der Waals surface area (Å²) in [6.07, 6.45) is 12.4. The first kappa shape index (κ1) is 21.4. The molecule has 0 atom stereocenters. The van der Waals surface area contributed by atoms with Crippen LogP contribution in [0.3, 0.4) is 0 Å². The molecule has 0 saturated heterocycles. The van der Waals surface area contributed by atoms with Crippen molar-refractivity contribution in [3.8, 4) is 0 Å². The Hall–Kier alpha value is -0.650. The molecule has 0 amide bonds. The van der Waals surface area contributed by atoms with Gasteiger partial charge in [0.15, 0.2) is 0 Å². The van der Waals surface area contributed by atoms with E-state index in [1.165, 1.54) is 44.9 Å². The van der Waals surface area contributed by atoms with Crippen LogP contribution in [0.5, 0.6) is 0 Å². The van der Waals surface area contributed by atoms with E-state index in [2.05, 4.69) is 6.92 Å². The third kappa shape index (κ3) is 7.95. The van der Waals surface area contributed by atoms with Gasteiger partial charge in [-0.1, -0.05) is 76.3 Å². The molecule has 0 saturated carbocycles. The number of unbranched alkanes of at least 4 members (excludes halogenated alkanes) is 9. The molecule has 0 aliphatic carbocycles. The van der Waals surface area contributed by atoms with Crippen molar-refractivity contribution in [1.82, 2.24) is 0 Å². The molecule has 138 valence electrons. The van der Waals surface area contributed by atoms with Gasteiger partial charge in [-0.3, -0.25) is 4.55 Å². The normalized spacial score (nSPS) is 11.8. The van der Waals surface area contributed by atoms with Gasteiger partial charge < -0.3 is 0 Å². The minimum Gasteiger partial charge on any atom is -0.282 e. The summed E-state index contributed by atoms with van der Waals surface area (Å²) in [5, 5.41) is 0.0542. The van der Waals surface area contributed by atoms with E-state index in [4.69, 9.17) is 16.2 Å². The summed E-state index contributed by atoms with van der Waals surface area (Å²) in [6, 6.07) is 1.93. The topological polar surface area (TPSA) is 54.4 Å². The van der Waals surface area contributed by atoms with Gasteiger partial charge >= 0.3 is 0 Å². The Morgan fingerprint density at radius 1 is 0.958 bits per heavy atom. The molecule has 24 heavy (non-hydrogen) atoms. The van der Waals surface area contributed by atoms with Crippen LogP contribution in [0.25, 0.3) is 0 Å². The van der Waals surface area contributed by atoms with Gasteiger partial charge in [0.2, 0.25) is 0 Å². The number of hydrogen-bond donors (Lipinski definition) is 1. The summed E-state index contributed by atoms with van der Waals surface area (Å²) in [5.74, 6) is -0.675. The first-order valence-electron chi connectivity index (χ1n) is 8.81. The third-order valence-corrected chi connectivity index (χ3v) is 5.36. The van der Waals surface area contributed by atoms with Crippen molar-refractivity contribution in [1.29, 1.82) is 0 Å². The van der Waals surface area contributed by atoms with Gasteiger partial charge in [-0.05, 0) is 25.0 Å². The van der Waals surface area contributed by atoms with Crippen LogP contribution in [0.4, 0.5) is 4.39 Å². The summed E-state index contributed by atoms with van der Waals surface area (Å²) in [4.78, 5) is -0.503. The lowest BCUT2D eigenvalue weighted by atomic mass is 10.0. The zero-order valence-electron chi connectivity index (χ0n) is 14.4. The standard InChI is InChI=1S/C18H28ClFO3S/c1-2-3-4-5-6-7-8-9-10-11-12-16-17(19)13-15(14-18(16)20)24(21,22)23/h13-14H,2-12H2,1H3,(H,21,22,23). The molecule has 1 N–H and O–H groups in total. The zero-order valence-corrected chi connectivity index (χ0v) is 15.9. The monoisotopic (exact) mass is 378 g/mol. The summed E-state index contributed by atoms with van der Waals surface area (Å²) in [6.45, 7) is 2.21. The molecular formula is C18H28ClFO3S. The largest absolute Gasteiger partial charge is 0.294 e. The maximum atomic E-state index is 14.0. The fourth-order valence-corrected chi connectivity index (χ4v) is 3.64. The van der Waals surface area contributed by atoms with Gasteiger partial charge in [0.05, 0.1) is 4.90 Å². The second-order valence-electron chi connectivity index (χ2n) is 6.27. The maximum Gasteiger partial charge on any atom is 0.294 e. The molecule has 1 aromatic carbocycles. The molecule has 0 heterocycles. The van der Waals surface area contributed by atoms with E-state index >= 15 is 0 Å². The minimum absolute atomic E-state index is 0.0542. The number of halogens is 2. The number of rotatable bonds is 12. The molecule has 0 bridgehead atoms. The lowest BCUT2D eigenvalue weighted by Crippen LogP contribution is -2.02. The van der Waals surface area contributed by atoms with Gasteiger partial charge in [-0.25, -0.2) is 4.39 Å². The minimum atomic E-state index is -4.43. The molecule has 0 aromatic heterocycles. The van der Waals surface area contributed by atoms with Crippen molar-refractivity contribution >= 4 is 21.7 Å². The Morgan fingerprint density at radius 3 is 1.92 bits per heavy atom. The van der Waals surface area contributed by atoms with Crippen LogP contribution in [0.2, 0.25) is 5.02 Å². The highest BCUT2D eigenvalue weighted by Gasteiger charge is 2.16. The Kier molecular flexibility index (Phi) is 9.86. The Bertz CT molecular complexity index is 579. The van der Waals surface area contributed by atoms with Gasteiger partial charge in [0.25, 0.3) is 10.1 Å². The first-order valence-corrected chi connectivity index (χ1v) is 10.6. The molecule has 6 heteroatoms. The van der Waals surface area contributed by atoms with E-state index in [9.17, 15) is 12.8 Å². The SMILES string of the molecule is CCCCCCCCCCCCc1c(F)cc(S(=O)(=O)O)cc1Cl. The highest BCUT2D eigenvalue weighted by Crippen LogP contribution is 2.26. The van der Waals surface area contributed by atoms with Gasteiger partial charge in [0, 0.05) is 10.6 Å². The van der Waals surface area contributed by atoms with Crippen LogP contribution in [-0.4, -0.2) is 13.0 Å². The van der Waals surface area contributed by atoms with E-state index in [0.29, 0.717) is 12.0 Å². The van der Waals surface area contributed by atoms with Crippen LogP contribution in [0.1, 0.15) is 76.7 Å². The molecule has 1 aromatic rings. The van der Waals surface area contributed by atoms with Gasteiger partial charge in [-0.2, -0.15) is 8.42 Å². The Balaban J connectivity index is 2.29. The fraction of sp³-hybridized carbons (Fsp3) is 0.667. The molecule has 0 fully saturated rings. The predicted molar refractivity (Wildman–Crippen MR) is 96.8 cm³/mol. The summed E-state index contributed by atoms with van der Waals surface area (Å²) in [7, 11) is -4.43. The molecule has 0 unspecified atom stereocenters. The number of hydrogen-bond acceptors (Lipinski definition) is 2. The van der Waals surface area contributed by atoms with Crippen molar-refractivity contribution in [2.24, 2.45) is 0 Å². The second kappa shape index (κ2) is 11.1. The fourth-order valence-electron chi connectivity index (χ4n) is 2.76. The number of benzene rings is 1. The van der Waals surface area contributed by atoms with Crippen molar-refractivity contribution in [2.45, 2.75) is 82.4 Å². The maximum absolute atomic E-state index is 14.0. The molecule has 3 nitrogen and oxygen atoms in total. The average molecular weight is 379 g/mol. The van der Waals surface area contributed by atoms with Gasteiger partial charge in [0.1, 0.15) is 5.82 Å². The van der Waals surface area contributed by atoms with Crippen LogP contribution >= 0.6 is 11.6 Å². The van der Waals surface area contributed by atoms with Crippen LogP contribution in [0, 0.1) is 5.82 Å². The highest BCUT2D eigenvalue weighted by molar-refractivity contribution is 7.85. The van der Waals surface area contributed by atoms with Crippen molar-refractivity contribution in [3.05, 3.63) is 28.5 Å². The van der Waals surface area contributed by atoms with E-state index in [1.807, 2.05) is 0 Å². The van der Waals surface area contributed by atoms with E-state index in [0.717, 1.165) is 31.4 Å². The van der Waals surface area contributed by atoms with Crippen molar-refractivity contribution < 1.29 is 17.4 Å². The molecular weight excluding hydrogens is 351 g/mol. The second-order valence-corrected chi connectivity index (χ2v) is 8.10. The van der Waals surface area contributed by atoms with Crippen molar-refractivity contribution in [3.63, 3.8) is 0 Å². The molecule has 0 aliphatic rings. The summed E-state index contributed by atoms with van der Waals surface area (Å²) >= 11 is 5.95. The van der Waals surface area contributed by atoms with Crippen molar-refractivity contribution in [2.75, 3.05) is 0 Å². The third-order valence-electron chi connectivity index (χ3n) is 4.19. The van der Waals surface area contributed by atoms with Gasteiger partial charge in [-0.15, -0.1) is 0 Å². The molecule has 0 radical (unpaired) electrons. The summed E-state index contributed by atoms with van der Waals surface area (Å²) in [5.41, 5.74) is 0.323. The zero-order chi connectivity index (χ0) is 18.0.